The molecule has 1 N–H and O–H groups in total. The Morgan fingerprint density at radius 1 is 1.15 bits per heavy atom. The molecule has 0 heterocycles. The lowest BCUT2D eigenvalue weighted by Crippen LogP contribution is -2.11. The molecule has 1 atom stereocenters. The highest BCUT2D eigenvalue weighted by atomic mass is 14.8. The van der Waals surface area contributed by atoms with Crippen molar-refractivity contribution in [3.05, 3.63) is 77.9 Å². The Morgan fingerprint density at radius 3 is 2.65 bits per heavy atom. The molecule has 2 rings (SSSR count). The summed E-state index contributed by atoms with van der Waals surface area (Å²) in [6.45, 7) is 9.01. The smallest absolute Gasteiger partial charge is 0.0101 e. The van der Waals surface area contributed by atoms with Crippen molar-refractivity contribution in [2.45, 2.75) is 18.8 Å². The maximum atomic E-state index is 4.02. The van der Waals surface area contributed by atoms with E-state index < -0.39 is 0 Å². The van der Waals surface area contributed by atoms with Gasteiger partial charge in [-0.05, 0) is 48.7 Å². The van der Waals surface area contributed by atoms with Crippen LogP contribution in [0.5, 0.6) is 0 Å². The van der Waals surface area contributed by atoms with Crippen LogP contribution < -0.4 is 5.32 Å². The third-order valence-electron chi connectivity index (χ3n) is 3.88. The molecule has 0 saturated heterocycles. The van der Waals surface area contributed by atoms with Crippen molar-refractivity contribution in [1.82, 2.24) is 5.32 Å². The molecular formula is C19H23N. The fourth-order valence-electron chi connectivity index (χ4n) is 2.86. The Hall–Kier alpha value is -1.86. The Bertz CT molecular complexity index is 549. The van der Waals surface area contributed by atoms with Crippen LogP contribution >= 0.6 is 0 Å². The minimum absolute atomic E-state index is 0.403. The topological polar surface area (TPSA) is 12.0 Å². The largest absolute Gasteiger partial charge is 0.320 e. The molecule has 104 valence electrons. The van der Waals surface area contributed by atoms with E-state index >= 15 is 0 Å². The number of benzene rings is 1. The third kappa shape index (κ3) is 3.00. The van der Waals surface area contributed by atoms with E-state index in [1.807, 2.05) is 19.2 Å². The van der Waals surface area contributed by atoms with Gasteiger partial charge >= 0.3 is 0 Å². The second-order valence-electron chi connectivity index (χ2n) is 5.08. The lowest BCUT2D eigenvalue weighted by molar-refractivity contribution is 0.627. The van der Waals surface area contributed by atoms with Crippen molar-refractivity contribution in [1.29, 1.82) is 0 Å². The van der Waals surface area contributed by atoms with Gasteiger partial charge in [0, 0.05) is 5.92 Å². The van der Waals surface area contributed by atoms with E-state index in [-0.39, 0.29) is 0 Å². The van der Waals surface area contributed by atoms with E-state index in [1.54, 1.807) is 0 Å². The maximum absolute atomic E-state index is 4.02. The lowest BCUT2D eigenvalue weighted by atomic mass is 9.84. The Balaban J connectivity index is 2.45. The van der Waals surface area contributed by atoms with Gasteiger partial charge in [-0.3, -0.25) is 0 Å². The molecular weight excluding hydrogens is 242 g/mol. The van der Waals surface area contributed by atoms with Crippen LogP contribution in [0, 0.1) is 0 Å². The lowest BCUT2D eigenvalue weighted by Gasteiger charge is -2.21. The molecule has 0 bridgehead atoms. The summed E-state index contributed by atoms with van der Waals surface area (Å²) in [4.78, 5) is 0. The number of rotatable bonds is 6. The molecule has 0 radical (unpaired) electrons. The minimum Gasteiger partial charge on any atom is -0.320 e. The Labute approximate surface area is 122 Å². The first-order chi connectivity index (χ1) is 9.81. The van der Waals surface area contributed by atoms with Crippen LogP contribution in [0.4, 0.5) is 0 Å². The van der Waals surface area contributed by atoms with Crippen LogP contribution in [0.2, 0.25) is 0 Å². The number of hydrogen-bond donors (Lipinski definition) is 1. The zero-order chi connectivity index (χ0) is 14.4. The highest BCUT2D eigenvalue weighted by Gasteiger charge is 2.20. The minimum atomic E-state index is 0.403. The predicted octanol–water partition coefficient (Wildman–Crippen LogP) is 4.47. The second-order valence-corrected chi connectivity index (χ2v) is 5.08. The molecule has 1 nitrogen and oxygen atoms in total. The molecule has 0 amide bonds. The SMILES string of the molecule is C=CC1=C(C=C)C(CCCNC)c2ccccc2C=C1. The summed E-state index contributed by atoms with van der Waals surface area (Å²) in [5, 5.41) is 3.23. The van der Waals surface area contributed by atoms with Crippen molar-refractivity contribution in [2.75, 3.05) is 13.6 Å². The monoisotopic (exact) mass is 265 g/mol. The summed E-state index contributed by atoms with van der Waals surface area (Å²) in [5.74, 6) is 0.403. The fraction of sp³-hybridized carbons (Fsp3) is 0.263. The van der Waals surface area contributed by atoms with E-state index in [0.717, 1.165) is 19.4 Å². The number of nitrogens with one attached hydrogen (secondary N) is 1. The van der Waals surface area contributed by atoms with Gasteiger partial charge in [0.1, 0.15) is 0 Å². The quantitative estimate of drug-likeness (QED) is 0.749. The van der Waals surface area contributed by atoms with Crippen molar-refractivity contribution in [3.63, 3.8) is 0 Å². The molecule has 0 saturated carbocycles. The van der Waals surface area contributed by atoms with E-state index in [4.69, 9.17) is 0 Å². The van der Waals surface area contributed by atoms with Crippen molar-refractivity contribution in [3.8, 4) is 0 Å². The van der Waals surface area contributed by atoms with Crippen LogP contribution in [0.25, 0.3) is 6.08 Å². The first-order valence-corrected chi connectivity index (χ1v) is 7.22. The summed E-state index contributed by atoms with van der Waals surface area (Å²) in [6, 6.07) is 8.64. The van der Waals surface area contributed by atoms with Gasteiger partial charge in [-0.1, -0.05) is 61.7 Å². The fourth-order valence-corrected chi connectivity index (χ4v) is 2.86. The molecule has 0 spiro atoms. The van der Waals surface area contributed by atoms with Gasteiger partial charge in [0.2, 0.25) is 0 Å². The predicted molar refractivity (Wildman–Crippen MR) is 88.8 cm³/mol. The number of allylic oxidation sites excluding steroid dienone is 5. The van der Waals surface area contributed by atoms with E-state index in [0.29, 0.717) is 5.92 Å². The summed E-state index contributed by atoms with van der Waals surface area (Å²) >= 11 is 0. The molecule has 1 aliphatic rings. The molecule has 0 fully saturated rings. The average molecular weight is 265 g/mol. The van der Waals surface area contributed by atoms with Gasteiger partial charge in [0.15, 0.2) is 0 Å². The first kappa shape index (κ1) is 14.5. The zero-order valence-corrected chi connectivity index (χ0v) is 12.2. The van der Waals surface area contributed by atoms with E-state index in [2.05, 4.69) is 54.9 Å². The van der Waals surface area contributed by atoms with Gasteiger partial charge in [0.05, 0.1) is 0 Å². The molecule has 1 aromatic carbocycles. The molecule has 1 aromatic rings. The molecule has 1 unspecified atom stereocenters. The second kappa shape index (κ2) is 7.06. The normalized spacial score (nSPS) is 17.6. The van der Waals surface area contributed by atoms with Crippen molar-refractivity contribution in [2.24, 2.45) is 0 Å². The van der Waals surface area contributed by atoms with Crippen LogP contribution in [0.15, 0.2) is 66.8 Å². The number of fused-ring (bicyclic) bond motifs is 1. The molecule has 1 aliphatic carbocycles. The number of hydrogen-bond acceptors (Lipinski definition) is 1. The van der Waals surface area contributed by atoms with Gasteiger partial charge < -0.3 is 5.32 Å². The summed E-state index contributed by atoms with van der Waals surface area (Å²) < 4.78 is 0. The van der Waals surface area contributed by atoms with Crippen LogP contribution in [-0.4, -0.2) is 13.6 Å². The molecule has 0 aliphatic heterocycles. The highest BCUT2D eigenvalue weighted by molar-refractivity contribution is 5.65. The van der Waals surface area contributed by atoms with E-state index in [1.165, 1.54) is 22.3 Å². The van der Waals surface area contributed by atoms with Crippen LogP contribution in [-0.2, 0) is 0 Å². The Morgan fingerprint density at radius 2 is 1.95 bits per heavy atom. The molecule has 1 heteroatoms. The van der Waals surface area contributed by atoms with Gasteiger partial charge in [-0.15, -0.1) is 0 Å². The van der Waals surface area contributed by atoms with Gasteiger partial charge in [-0.25, -0.2) is 0 Å². The van der Waals surface area contributed by atoms with Crippen molar-refractivity contribution >= 4 is 6.08 Å². The van der Waals surface area contributed by atoms with Crippen molar-refractivity contribution < 1.29 is 0 Å². The zero-order valence-electron chi connectivity index (χ0n) is 12.2. The third-order valence-corrected chi connectivity index (χ3v) is 3.88. The highest BCUT2D eigenvalue weighted by Crippen LogP contribution is 2.37. The maximum Gasteiger partial charge on any atom is 0.0101 e. The van der Waals surface area contributed by atoms with E-state index in [9.17, 15) is 0 Å². The summed E-state index contributed by atoms with van der Waals surface area (Å²) in [5.41, 5.74) is 5.17. The standard InChI is InChI=1S/C19H23N/c1-4-15-12-13-16-9-6-7-10-18(16)19(17(15)5-2)11-8-14-20-3/h4-7,9-10,12-13,19-20H,1-2,8,11,14H2,3H3. The first-order valence-electron chi connectivity index (χ1n) is 7.22. The molecule has 0 aromatic heterocycles. The van der Waals surface area contributed by atoms with Gasteiger partial charge in [0.25, 0.3) is 0 Å². The van der Waals surface area contributed by atoms with Crippen LogP contribution in [0.1, 0.15) is 29.9 Å². The van der Waals surface area contributed by atoms with Crippen LogP contribution in [0.3, 0.4) is 0 Å². The summed E-state index contributed by atoms with van der Waals surface area (Å²) in [6.07, 6.45) is 10.5. The Kier molecular flexibility index (Phi) is 5.14. The molecule has 20 heavy (non-hydrogen) atoms. The average Bonchev–Trinajstić information content (AvgIpc) is 2.64. The van der Waals surface area contributed by atoms with Gasteiger partial charge in [-0.2, -0.15) is 0 Å². The summed E-state index contributed by atoms with van der Waals surface area (Å²) in [7, 11) is 2.00.